The Kier molecular flexibility index (Phi) is 8.06. The molecule has 0 spiro atoms. The van der Waals surface area contributed by atoms with Gasteiger partial charge in [0.05, 0.1) is 0 Å². The molecule has 0 atom stereocenters. The van der Waals surface area contributed by atoms with Crippen molar-refractivity contribution in [2.75, 3.05) is 6.54 Å². The van der Waals surface area contributed by atoms with Crippen LogP contribution in [0.4, 0.5) is 0 Å². The van der Waals surface area contributed by atoms with Gasteiger partial charge in [-0.25, -0.2) is 6.57 Å². The van der Waals surface area contributed by atoms with E-state index >= 15 is 0 Å². The number of hydrogen-bond donors (Lipinski definition) is 0. The molecule has 0 fully saturated rings. The molecule has 0 aromatic rings. The van der Waals surface area contributed by atoms with Gasteiger partial charge in [0.2, 0.25) is 6.54 Å². The van der Waals surface area contributed by atoms with Gasteiger partial charge in [0, 0.05) is 6.42 Å². The van der Waals surface area contributed by atoms with Gasteiger partial charge in [-0.1, -0.05) is 32.6 Å². The maximum absolute atomic E-state index is 6.53. The van der Waals surface area contributed by atoms with Gasteiger partial charge in [0.1, 0.15) is 0 Å². The van der Waals surface area contributed by atoms with E-state index in [4.69, 9.17) is 6.57 Å². The van der Waals surface area contributed by atoms with E-state index in [0.29, 0.717) is 6.54 Å². The first-order chi connectivity index (χ1) is 4.91. The lowest BCUT2D eigenvalue weighted by Gasteiger charge is -1.94. The monoisotopic (exact) mass is 138 g/mol. The first-order valence-corrected chi connectivity index (χ1v) is 4.04. The van der Waals surface area contributed by atoms with Crippen LogP contribution in [0.1, 0.15) is 38.5 Å². The summed E-state index contributed by atoms with van der Waals surface area (Å²) in [5.74, 6) is 0. The first kappa shape index (κ1) is 9.49. The highest BCUT2D eigenvalue weighted by Gasteiger charge is 1.89. The Morgan fingerprint density at radius 2 is 1.60 bits per heavy atom. The summed E-state index contributed by atoms with van der Waals surface area (Å²) in [4.78, 5) is 3.29. The highest BCUT2D eigenvalue weighted by atomic mass is 14.6. The van der Waals surface area contributed by atoms with Crippen LogP contribution in [0.2, 0.25) is 0 Å². The molecule has 0 aromatic heterocycles. The summed E-state index contributed by atoms with van der Waals surface area (Å²) in [7, 11) is 0. The van der Waals surface area contributed by atoms with E-state index in [1.807, 2.05) is 0 Å². The molecule has 0 saturated carbocycles. The van der Waals surface area contributed by atoms with Crippen LogP contribution in [0, 0.1) is 13.5 Å². The summed E-state index contributed by atoms with van der Waals surface area (Å²) in [6.07, 6.45) is 7.19. The van der Waals surface area contributed by atoms with E-state index in [1.54, 1.807) is 0 Å². The molecule has 0 unspecified atom stereocenters. The third-order valence-corrected chi connectivity index (χ3v) is 1.52. The molecular formula is C9H16N. The van der Waals surface area contributed by atoms with Gasteiger partial charge < -0.3 is 4.85 Å². The van der Waals surface area contributed by atoms with Crippen molar-refractivity contribution in [2.24, 2.45) is 0 Å². The van der Waals surface area contributed by atoms with Gasteiger partial charge >= 0.3 is 0 Å². The molecule has 0 amide bonds. The molecule has 57 valence electrons. The molecule has 0 aromatic carbocycles. The maximum atomic E-state index is 6.53. The summed E-state index contributed by atoms with van der Waals surface area (Å²) in [5.41, 5.74) is 0. The molecule has 0 aliphatic heterocycles. The Morgan fingerprint density at radius 1 is 1.00 bits per heavy atom. The zero-order valence-electron chi connectivity index (χ0n) is 6.60. The van der Waals surface area contributed by atoms with Gasteiger partial charge in [-0.15, -0.1) is 0 Å². The van der Waals surface area contributed by atoms with Crippen LogP contribution < -0.4 is 0 Å². The normalized spacial score (nSPS) is 9.20. The van der Waals surface area contributed by atoms with Crippen molar-refractivity contribution < 1.29 is 0 Å². The van der Waals surface area contributed by atoms with Crippen LogP contribution in [-0.4, -0.2) is 6.54 Å². The largest absolute Gasteiger partial charge is 0.317 e. The van der Waals surface area contributed by atoms with Gasteiger partial charge in [0.25, 0.3) is 0 Å². The number of nitrogens with zero attached hydrogens (tertiary/aromatic N) is 1. The second-order valence-electron chi connectivity index (χ2n) is 2.50. The van der Waals surface area contributed by atoms with Crippen LogP contribution in [-0.2, 0) is 0 Å². The highest BCUT2D eigenvalue weighted by Crippen LogP contribution is 2.04. The second kappa shape index (κ2) is 8.49. The van der Waals surface area contributed by atoms with Crippen molar-refractivity contribution in [3.63, 3.8) is 0 Å². The molecular weight excluding hydrogens is 122 g/mol. The molecule has 1 nitrogen and oxygen atoms in total. The Bertz CT molecular complexity index is 91.4. The summed E-state index contributed by atoms with van der Waals surface area (Å²) < 4.78 is 0. The molecule has 1 heteroatoms. The fraction of sp³-hybridized carbons (Fsp3) is 0.778. The zero-order valence-corrected chi connectivity index (χ0v) is 6.60. The third-order valence-electron chi connectivity index (χ3n) is 1.52. The lowest BCUT2D eigenvalue weighted by atomic mass is 10.1. The molecule has 1 radical (unpaired) electrons. The van der Waals surface area contributed by atoms with Gasteiger partial charge in [-0.2, -0.15) is 0 Å². The van der Waals surface area contributed by atoms with Crippen LogP contribution in [0.15, 0.2) is 0 Å². The van der Waals surface area contributed by atoms with Crippen molar-refractivity contribution >= 4 is 0 Å². The van der Waals surface area contributed by atoms with E-state index in [1.165, 1.54) is 25.7 Å². The molecule has 0 bridgehead atoms. The van der Waals surface area contributed by atoms with Crippen molar-refractivity contribution in [1.82, 2.24) is 0 Å². The van der Waals surface area contributed by atoms with Crippen LogP contribution in [0.25, 0.3) is 4.85 Å². The number of hydrogen-bond acceptors (Lipinski definition) is 0. The average molecular weight is 138 g/mol. The Morgan fingerprint density at radius 3 is 2.20 bits per heavy atom. The third kappa shape index (κ3) is 7.49. The molecule has 10 heavy (non-hydrogen) atoms. The molecule has 0 heterocycles. The molecule has 0 aliphatic carbocycles. The van der Waals surface area contributed by atoms with E-state index in [0.717, 1.165) is 12.8 Å². The second-order valence-corrected chi connectivity index (χ2v) is 2.50. The quantitative estimate of drug-likeness (QED) is 0.392. The van der Waals surface area contributed by atoms with E-state index in [2.05, 4.69) is 11.8 Å². The highest BCUT2D eigenvalue weighted by molar-refractivity contribution is 4.57. The summed E-state index contributed by atoms with van der Waals surface area (Å²) in [6, 6.07) is 0. The predicted molar refractivity (Wildman–Crippen MR) is 44.5 cm³/mol. The average Bonchev–Trinajstić information content (AvgIpc) is 1.97. The van der Waals surface area contributed by atoms with Crippen LogP contribution >= 0.6 is 0 Å². The van der Waals surface area contributed by atoms with Crippen molar-refractivity contribution in [3.05, 3.63) is 18.3 Å². The fourth-order valence-electron chi connectivity index (χ4n) is 0.898. The first-order valence-electron chi connectivity index (χ1n) is 4.04. The van der Waals surface area contributed by atoms with Gasteiger partial charge in [-0.05, 0) is 6.42 Å². The number of rotatable bonds is 6. The Balaban J connectivity index is 2.72. The molecule has 0 rings (SSSR count). The van der Waals surface area contributed by atoms with Crippen LogP contribution in [0.5, 0.6) is 0 Å². The summed E-state index contributed by atoms with van der Waals surface area (Å²) in [5, 5.41) is 0. The molecule has 0 N–H and O–H groups in total. The lowest BCUT2D eigenvalue weighted by molar-refractivity contribution is 0.632. The van der Waals surface area contributed by atoms with E-state index in [-0.39, 0.29) is 0 Å². The van der Waals surface area contributed by atoms with Gasteiger partial charge in [-0.3, -0.25) is 0 Å². The topological polar surface area (TPSA) is 4.36 Å². The minimum absolute atomic E-state index is 0.713. The number of unbranched alkanes of at least 4 members (excludes halogenated alkanes) is 5. The van der Waals surface area contributed by atoms with Gasteiger partial charge in [0.15, 0.2) is 0 Å². The zero-order chi connectivity index (χ0) is 7.66. The van der Waals surface area contributed by atoms with Crippen molar-refractivity contribution in [3.8, 4) is 0 Å². The van der Waals surface area contributed by atoms with E-state index < -0.39 is 0 Å². The summed E-state index contributed by atoms with van der Waals surface area (Å²) in [6.45, 7) is 11.0. The van der Waals surface area contributed by atoms with Crippen molar-refractivity contribution in [2.45, 2.75) is 38.5 Å². The standard InChI is InChI=1S/C9H16N/c1-3-4-5-6-7-8-9-10-2/h1,3-9H2. The SMILES string of the molecule is [C-]#[N+]CCCCCCC[CH2]. The Hall–Kier alpha value is -0.510. The smallest absolute Gasteiger partial charge is 0.214 e. The van der Waals surface area contributed by atoms with Crippen molar-refractivity contribution in [1.29, 1.82) is 0 Å². The minimum Gasteiger partial charge on any atom is -0.317 e. The summed E-state index contributed by atoms with van der Waals surface area (Å²) >= 11 is 0. The Labute approximate surface area is 64.3 Å². The molecule has 0 aliphatic rings. The van der Waals surface area contributed by atoms with Crippen LogP contribution in [0.3, 0.4) is 0 Å². The predicted octanol–water partition coefficient (Wildman–Crippen LogP) is 3.08. The molecule has 0 saturated heterocycles. The van der Waals surface area contributed by atoms with E-state index in [9.17, 15) is 0 Å². The minimum atomic E-state index is 0.713. The maximum Gasteiger partial charge on any atom is 0.214 e. The lowest BCUT2D eigenvalue weighted by Crippen LogP contribution is -1.80. The fourth-order valence-corrected chi connectivity index (χ4v) is 0.898.